The molecule has 0 fully saturated rings. The fourth-order valence-electron chi connectivity index (χ4n) is 2.73. The van der Waals surface area contributed by atoms with Gasteiger partial charge in [-0.1, -0.05) is 53.6 Å². The maximum absolute atomic E-state index is 5.73. The minimum Gasteiger partial charge on any atom is -0.377 e. The highest BCUT2D eigenvalue weighted by Gasteiger charge is 1.95. The molecule has 0 N–H and O–H groups in total. The molecule has 0 aliphatic carbocycles. The van der Waals surface area contributed by atoms with Crippen molar-refractivity contribution in [3.8, 4) is 0 Å². The van der Waals surface area contributed by atoms with Gasteiger partial charge in [-0.05, 0) is 78.6 Å². The minimum absolute atomic E-state index is 0.742. The molecular weight excluding hydrogens is 306 g/mol. The number of allylic oxidation sites excluding steroid dienone is 3. The second-order valence-electron chi connectivity index (χ2n) is 7.21. The molecule has 0 atom stereocenters. The van der Waals surface area contributed by atoms with Crippen molar-refractivity contribution in [3.05, 3.63) is 59.2 Å². The van der Waals surface area contributed by atoms with Gasteiger partial charge in [-0.3, -0.25) is 0 Å². The number of aryl methyl sites for hydroxylation is 1. The van der Waals surface area contributed by atoms with Crippen molar-refractivity contribution in [2.24, 2.45) is 0 Å². The van der Waals surface area contributed by atoms with Gasteiger partial charge in [0.1, 0.15) is 0 Å². The number of hydrogen-bond donors (Lipinski definition) is 0. The molecule has 0 aromatic heterocycles. The molecule has 1 aromatic carbocycles. The second-order valence-corrected chi connectivity index (χ2v) is 7.21. The third kappa shape index (κ3) is 12.6. The van der Waals surface area contributed by atoms with Gasteiger partial charge in [0.25, 0.3) is 0 Å². The lowest BCUT2D eigenvalue weighted by atomic mass is 10.1. The number of ether oxygens (including phenoxy) is 1. The van der Waals surface area contributed by atoms with Crippen LogP contribution in [0.2, 0.25) is 0 Å². The Morgan fingerprint density at radius 1 is 0.960 bits per heavy atom. The van der Waals surface area contributed by atoms with E-state index in [9.17, 15) is 0 Å². The Kier molecular flexibility index (Phi) is 12.0. The summed E-state index contributed by atoms with van der Waals surface area (Å²) in [6.07, 6.45) is 11.6. The van der Waals surface area contributed by atoms with E-state index in [2.05, 4.69) is 75.3 Å². The molecule has 0 bridgehead atoms. The Hall–Kier alpha value is -1.38. The number of hydrogen-bond acceptors (Lipinski definition) is 2. The lowest BCUT2D eigenvalue weighted by molar-refractivity contribution is 0.159. The van der Waals surface area contributed by atoms with Crippen LogP contribution in [0.15, 0.2) is 53.6 Å². The Morgan fingerprint density at radius 2 is 1.68 bits per heavy atom. The third-order valence-corrected chi connectivity index (χ3v) is 4.35. The molecule has 2 heteroatoms. The van der Waals surface area contributed by atoms with E-state index in [0.29, 0.717) is 0 Å². The van der Waals surface area contributed by atoms with Crippen molar-refractivity contribution in [1.82, 2.24) is 4.90 Å². The zero-order valence-electron chi connectivity index (χ0n) is 16.8. The molecule has 0 spiro atoms. The molecule has 0 saturated heterocycles. The molecule has 140 valence electrons. The molecule has 0 heterocycles. The van der Waals surface area contributed by atoms with Crippen LogP contribution in [0.5, 0.6) is 0 Å². The highest BCUT2D eigenvalue weighted by Crippen LogP contribution is 2.10. The predicted octanol–water partition coefficient (Wildman–Crippen LogP) is 5.65. The summed E-state index contributed by atoms with van der Waals surface area (Å²) in [5, 5.41) is 0. The first-order valence-electron chi connectivity index (χ1n) is 9.65. The van der Waals surface area contributed by atoms with Gasteiger partial charge in [-0.2, -0.15) is 0 Å². The Bertz CT molecular complexity index is 502. The van der Waals surface area contributed by atoms with E-state index < -0.39 is 0 Å². The quantitative estimate of drug-likeness (QED) is 0.339. The summed E-state index contributed by atoms with van der Waals surface area (Å²) < 4.78 is 5.73. The fraction of sp³-hybridized carbons (Fsp3) is 0.565. The van der Waals surface area contributed by atoms with Crippen LogP contribution in [0.1, 0.15) is 51.5 Å². The SMILES string of the molecule is CC(=CCC/C(C)=C/COCCCc1ccccc1)CCCN(C)C. The summed E-state index contributed by atoms with van der Waals surface area (Å²) in [4.78, 5) is 2.25. The molecule has 25 heavy (non-hydrogen) atoms. The standard InChI is InChI=1S/C23H37NO/c1-21(13-9-18-24(3)4)11-8-12-22(2)17-20-25-19-10-16-23-14-6-5-7-15-23/h5-7,11,14-15,17H,8-10,12-13,16,18-20H2,1-4H3/b21-11?,22-17+. The maximum atomic E-state index is 5.73. The molecule has 0 amide bonds. The van der Waals surface area contributed by atoms with Crippen molar-refractivity contribution in [3.63, 3.8) is 0 Å². The average Bonchev–Trinajstić information content (AvgIpc) is 2.58. The summed E-state index contributed by atoms with van der Waals surface area (Å²) in [7, 11) is 4.27. The van der Waals surface area contributed by atoms with E-state index in [-0.39, 0.29) is 0 Å². The van der Waals surface area contributed by atoms with E-state index in [4.69, 9.17) is 4.74 Å². The van der Waals surface area contributed by atoms with Gasteiger partial charge < -0.3 is 9.64 Å². The smallest absolute Gasteiger partial charge is 0.0649 e. The fourth-order valence-corrected chi connectivity index (χ4v) is 2.73. The molecule has 0 saturated carbocycles. The van der Waals surface area contributed by atoms with Crippen LogP contribution in [0, 0.1) is 0 Å². The van der Waals surface area contributed by atoms with Gasteiger partial charge in [0.15, 0.2) is 0 Å². The molecule has 0 unspecified atom stereocenters. The highest BCUT2D eigenvalue weighted by molar-refractivity contribution is 5.14. The van der Waals surface area contributed by atoms with Crippen molar-refractivity contribution < 1.29 is 4.74 Å². The zero-order valence-corrected chi connectivity index (χ0v) is 16.8. The van der Waals surface area contributed by atoms with E-state index >= 15 is 0 Å². The van der Waals surface area contributed by atoms with Crippen LogP contribution < -0.4 is 0 Å². The predicted molar refractivity (Wildman–Crippen MR) is 110 cm³/mol. The van der Waals surface area contributed by atoms with Gasteiger partial charge >= 0.3 is 0 Å². The highest BCUT2D eigenvalue weighted by atomic mass is 16.5. The molecule has 0 radical (unpaired) electrons. The van der Waals surface area contributed by atoms with Gasteiger partial charge in [0, 0.05) is 6.61 Å². The summed E-state index contributed by atoms with van der Waals surface area (Å²) in [6.45, 7) is 7.22. The van der Waals surface area contributed by atoms with Gasteiger partial charge in [-0.25, -0.2) is 0 Å². The third-order valence-electron chi connectivity index (χ3n) is 4.35. The first-order valence-corrected chi connectivity index (χ1v) is 9.65. The molecule has 0 aliphatic heterocycles. The van der Waals surface area contributed by atoms with Crippen LogP contribution in [0.25, 0.3) is 0 Å². The molecule has 1 aromatic rings. The summed E-state index contributed by atoms with van der Waals surface area (Å²) in [5.41, 5.74) is 4.35. The number of rotatable bonds is 13. The van der Waals surface area contributed by atoms with Crippen molar-refractivity contribution >= 4 is 0 Å². The summed E-state index contributed by atoms with van der Waals surface area (Å²) in [6, 6.07) is 10.6. The number of benzene rings is 1. The van der Waals surface area contributed by atoms with Crippen molar-refractivity contribution in [2.75, 3.05) is 33.9 Å². The first-order chi connectivity index (χ1) is 12.1. The van der Waals surface area contributed by atoms with E-state index in [1.54, 1.807) is 0 Å². The Balaban J connectivity index is 2.05. The lowest BCUT2D eigenvalue weighted by Gasteiger charge is -2.09. The summed E-state index contributed by atoms with van der Waals surface area (Å²) >= 11 is 0. The molecule has 0 aliphatic rings. The van der Waals surface area contributed by atoms with E-state index in [1.807, 2.05) is 0 Å². The van der Waals surface area contributed by atoms with Crippen molar-refractivity contribution in [2.45, 2.75) is 52.4 Å². The van der Waals surface area contributed by atoms with Gasteiger partial charge in [-0.15, -0.1) is 0 Å². The Labute approximate surface area is 155 Å². The molecule has 2 nitrogen and oxygen atoms in total. The Morgan fingerprint density at radius 3 is 2.40 bits per heavy atom. The van der Waals surface area contributed by atoms with Crippen LogP contribution in [0.3, 0.4) is 0 Å². The summed E-state index contributed by atoms with van der Waals surface area (Å²) in [5.74, 6) is 0. The minimum atomic E-state index is 0.742. The van der Waals surface area contributed by atoms with Crippen LogP contribution in [-0.2, 0) is 11.2 Å². The monoisotopic (exact) mass is 343 g/mol. The van der Waals surface area contributed by atoms with Gasteiger partial charge in [0.2, 0.25) is 0 Å². The van der Waals surface area contributed by atoms with Crippen LogP contribution in [-0.4, -0.2) is 38.8 Å². The van der Waals surface area contributed by atoms with Crippen LogP contribution >= 0.6 is 0 Å². The van der Waals surface area contributed by atoms with E-state index in [0.717, 1.165) is 38.9 Å². The normalized spacial score (nSPS) is 12.8. The zero-order chi connectivity index (χ0) is 18.3. The van der Waals surface area contributed by atoms with Gasteiger partial charge in [0.05, 0.1) is 6.61 Å². The van der Waals surface area contributed by atoms with Crippen LogP contribution in [0.4, 0.5) is 0 Å². The lowest BCUT2D eigenvalue weighted by Crippen LogP contribution is -2.12. The van der Waals surface area contributed by atoms with Crippen molar-refractivity contribution in [1.29, 1.82) is 0 Å². The molecule has 1 rings (SSSR count). The number of nitrogens with zero attached hydrogens (tertiary/aromatic N) is 1. The largest absolute Gasteiger partial charge is 0.377 e. The second kappa shape index (κ2) is 13.9. The topological polar surface area (TPSA) is 12.5 Å². The van der Waals surface area contributed by atoms with E-state index in [1.165, 1.54) is 36.1 Å². The first kappa shape index (κ1) is 21.7. The molecular formula is C23H37NO. The average molecular weight is 344 g/mol. The maximum Gasteiger partial charge on any atom is 0.0649 e.